The number of cyclic esters (lactones) is 2. The molecule has 78 valence electrons. The average molecular weight is 198 g/mol. The molecule has 0 aromatic heterocycles. The lowest BCUT2D eigenvalue weighted by Crippen LogP contribution is -2.48. The van der Waals surface area contributed by atoms with Crippen LogP contribution in [0.1, 0.15) is 39.5 Å². The van der Waals surface area contributed by atoms with E-state index >= 15 is 0 Å². The largest absolute Gasteiger partial charge is 0.391 e. The van der Waals surface area contributed by atoms with Crippen molar-refractivity contribution in [1.29, 1.82) is 0 Å². The highest BCUT2D eigenvalue weighted by Crippen LogP contribution is 2.41. The molecule has 0 radical (unpaired) electrons. The monoisotopic (exact) mass is 198 g/mol. The molecule has 2 saturated heterocycles. The number of hydrogen-bond acceptors (Lipinski definition) is 4. The molecule has 2 heterocycles. The zero-order valence-corrected chi connectivity index (χ0v) is 8.46. The van der Waals surface area contributed by atoms with Gasteiger partial charge in [-0.2, -0.15) is 0 Å². The summed E-state index contributed by atoms with van der Waals surface area (Å²) in [4.78, 5) is 22.5. The Morgan fingerprint density at radius 2 is 1.93 bits per heavy atom. The first kappa shape index (κ1) is 9.65. The third-order valence-corrected chi connectivity index (χ3v) is 2.84. The number of ether oxygens (including phenoxy) is 2. The van der Waals surface area contributed by atoms with Gasteiger partial charge in [0.15, 0.2) is 5.60 Å². The molecule has 2 rings (SSSR count). The number of esters is 2. The zero-order valence-electron chi connectivity index (χ0n) is 8.46. The van der Waals surface area contributed by atoms with E-state index in [1.165, 1.54) is 0 Å². The smallest absolute Gasteiger partial charge is 0.346 e. The van der Waals surface area contributed by atoms with Crippen LogP contribution in [-0.2, 0) is 19.1 Å². The van der Waals surface area contributed by atoms with Gasteiger partial charge < -0.3 is 9.47 Å². The zero-order chi connectivity index (χ0) is 10.4. The minimum absolute atomic E-state index is 0.0786. The predicted octanol–water partition coefficient (Wildman–Crippen LogP) is 1.18. The molecule has 0 aromatic carbocycles. The Labute approximate surface area is 82.6 Å². The van der Waals surface area contributed by atoms with Crippen molar-refractivity contribution in [2.45, 2.75) is 50.7 Å². The molecule has 0 amide bonds. The van der Waals surface area contributed by atoms with Crippen molar-refractivity contribution in [2.75, 3.05) is 0 Å². The summed E-state index contributed by atoms with van der Waals surface area (Å²) in [5.41, 5.74) is -1.30. The molecular formula is C10H14O4. The summed E-state index contributed by atoms with van der Waals surface area (Å²) in [6, 6.07) is 0. The maximum Gasteiger partial charge on any atom is 0.346 e. The molecule has 1 spiro atoms. The number of carbonyl (C=O) groups is 2. The quantitative estimate of drug-likeness (QED) is 0.433. The van der Waals surface area contributed by atoms with Crippen LogP contribution in [0, 0.1) is 0 Å². The van der Waals surface area contributed by atoms with Gasteiger partial charge in [-0.1, -0.05) is 0 Å². The molecule has 1 atom stereocenters. The Kier molecular flexibility index (Phi) is 1.93. The van der Waals surface area contributed by atoms with Gasteiger partial charge in [0.05, 0.1) is 12.0 Å². The Hall–Kier alpha value is -0.900. The molecular weight excluding hydrogens is 184 g/mol. The van der Waals surface area contributed by atoms with Crippen molar-refractivity contribution < 1.29 is 19.1 Å². The van der Waals surface area contributed by atoms with Crippen molar-refractivity contribution in [3.05, 3.63) is 0 Å². The maximum absolute atomic E-state index is 11.5. The number of hydrogen-bond donors (Lipinski definition) is 0. The normalized spacial score (nSPS) is 36.1. The van der Waals surface area contributed by atoms with Gasteiger partial charge in [-0.25, -0.2) is 4.79 Å². The van der Waals surface area contributed by atoms with E-state index in [1.54, 1.807) is 0 Å². The van der Waals surface area contributed by atoms with Gasteiger partial charge in [0.25, 0.3) is 0 Å². The van der Waals surface area contributed by atoms with Gasteiger partial charge in [0.2, 0.25) is 0 Å². The standard InChI is InChI=1S/C10H14O4/c1-9(2)4-3-5-10(14-9)6-7(11)13-8(10)12/h3-6H2,1-2H3/t10-/m0/s1. The lowest BCUT2D eigenvalue weighted by Gasteiger charge is -2.40. The SMILES string of the molecule is CC1(C)CCC[C@@]2(CC(=O)OC2=O)O1. The van der Waals surface area contributed by atoms with E-state index in [2.05, 4.69) is 4.74 Å². The van der Waals surface area contributed by atoms with Crippen LogP contribution in [0.4, 0.5) is 0 Å². The van der Waals surface area contributed by atoms with Crippen LogP contribution >= 0.6 is 0 Å². The van der Waals surface area contributed by atoms with Crippen LogP contribution < -0.4 is 0 Å². The van der Waals surface area contributed by atoms with Gasteiger partial charge in [0.1, 0.15) is 0 Å². The molecule has 4 heteroatoms. The molecule has 0 unspecified atom stereocenters. The van der Waals surface area contributed by atoms with Crippen LogP contribution in [0.3, 0.4) is 0 Å². The summed E-state index contributed by atoms with van der Waals surface area (Å²) < 4.78 is 10.3. The summed E-state index contributed by atoms with van der Waals surface area (Å²) >= 11 is 0. The minimum atomic E-state index is -0.973. The first-order valence-corrected chi connectivity index (χ1v) is 4.89. The fourth-order valence-corrected chi connectivity index (χ4v) is 2.24. The van der Waals surface area contributed by atoms with Crippen molar-refractivity contribution in [3.63, 3.8) is 0 Å². The molecule has 14 heavy (non-hydrogen) atoms. The molecule has 0 bridgehead atoms. The van der Waals surface area contributed by atoms with Gasteiger partial charge in [-0.3, -0.25) is 4.79 Å². The third-order valence-electron chi connectivity index (χ3n) is 2.84. The Bertz CT molecular complexity index is 294. The summed E-state index contributed by atoms with van der Waals surface area (Å²) in [5, 5.41) is 0. The van der Waals surface area contributed by atoms with Crippen LogP contribution in [-0.4, -0.2) is 23.1 Å². The highest BCUT2D eigenvalue weighted by atomic mass is 16.6. The van der Waals surface area contributed by atoms with E-state index in [9.17, 15) is 9.59 Å². The number of rotatable bonds is 0. The second-order valence-electron chi connectivity index (χ2n) is 4.65. The Morgan fingerprint density at radius 3 is 2.43 bits per heavy atom. The lowest BCUT2D eigenvalue weighted by molar-refractivity contribution is -0.191. The highest BCUT2D eigenvalue weighted by molar-refractivity contribution is 5.99. The van der Waals surface area contributed by atoms with Crippen molar-refractivity contribution >= 4 is 11.9 Å². The summed E-state index contributed by atoms with van der Waals surface area (Å²) in [5.74, 6) is -0.969. The number of carbonyl (C=O) groups excluding carboxylic acids is 2. The molecule has 0 N–H and O–H groups in total. The van der Waals surface area contributed by atoms with E-state index in [-0.39, 0.29) is 12.0 Å². The van der Waals surface area contributed by atoms with Crippen LogP contribution in [0.2, 0.25) is 0 Å². The minimum Gasteiger partial charge on any atom is -0.391 e. The predicted molar refractivity (Wildman–Crippen MR) is 47.5 cm³/mol. The van der Waals surface area contributed by atoms with Gasteiger partial charge in [-0.15, -0.1) is 0 Å². The maximum atomic E-state index is 11.5. The van der Waals surface area contributed by atoms with Crippen LogP contribution in [0.5, 0.6) is 0 Å². The molecule has 2 aliphatic heterocycles. The molecule has 2 aliphatic rings. The molecule has 0 aliphatic carbocycles. The summed E-state index contributed by atoms with van der Waals surface area (Å²) in [6.45, 7) is 3.87. The lowest BCUT2D eigenvalue weighted by atomic mass is 9.86. The van der Waals surface area contributed by atoms with Gasteiger partial charge in [-0.05, 0) is 33.1 Å². The topological polar surface area (TPSA) is 52.6 Å². The van der Waals surface area contributed by atoms with Crippen molar-refractivity contribution in [3.8, 4) is 0 Å². The molecule has 4 nitrogen and oxygen atoms in total. The van der Waals surface area contributed by atoms with E-state index in [0.717, 1.165) is 12.8 Å². The summed E-state index contributed by atoms with van der Waals surface area (Å²) in [7, 11) is 0. The second kappa shape index (κ2) is 2.79. The second-order valence-corrected chi connectivity index (χ2v) is 4.65. The first-order valence-electron chi connectivity index (χ1n) is 4.89. The first-order chi connectivity index (χ1) is 6.44. The van der Waals surface area contributed by atoms with E-state index in [1.807, 2.05) is 13.8 Å². The van der Waals surface area contributed by atoms with Crippen LogP contribution in [0.15, 0.2) is 0 Å². The third kappa shape index (κ3) is 1.43. The molecule has 0 aromatic rings. The van der Waals surface area contributed by atoms with Crippen LogP contribution in [0.25, 0.3) is 0 Å². The summed E-state index contributed by atoms with van der Waals surface area (Å²) in [6.07, 6.45) is 2.49. The van der Waals surface area contributed by atoms with E-state index < -0.39 is 17.5 Å². The van der Waals surface area contributed by atoms with Gasteiger partial charge in [0, 0.05) is 0 Å². The fourth-order valence-electron chi connectivity index (χ4n) is 2.24. The van der Waals surface area contributed by atoms with Crippen molar-refractivity contribution in [1.82, 2.24) is 0 Å². The Balaban J connectivity index is 2.24. The molecule has 0 saturated carbocycles. The fraction of sp³-hybridized carbons (Fsp3) is 0.800. The van der Waals surface area contributed by atoms with Crippen molar-refractivity contribution in [2.24, 2.45) is 0 Å². The van der Waals surface area contributed by atoms with E-state index in [0.29, 0.717) is 6.42 Å². The average Bonchev–Trinajstić information content (AvgIpc) is 2.24. The van der Waals surface area contributed by atoms with E-state index in [4.69, 9.17) is 4.74 Å². The molecule has 2 fully saturated rings. The highest BCUT2D eigenvalue weighted by Gasteiger charge is 2.54. The van der Waals surface area contributed by atoms with Gasteiger partial charge >= 0.3 is 11.9 Å². The Morgan fingerprint density at radius 1 is 1.21 bits per heavy atom.